The number of hydrogen-bond donors (Lipinski definition) is 2. The van der Waals surface area contributed by atoms with Crippen LogP contribution in [0.1, 0.15) is 25.8 Å². The average Bonchev–Trinajstić information content (AvgIpc) is 2.44. The lowest BCUT2D eigenvalue weighted by molar-refractivity contribution is -0.147. The van der Waals surface area contributed by atoms with E-state index in [1.54, 1.807) is 0 Å². The molecule has 0 aromatic heterocycles. The molecule has 128 valence electrons. The van der Waals surface area contributed by atoms with Crippen molar-refractivity contribution in [1.82, 2.24) is 5.32 Å². The van der Waals surface area contributed by atoms with Crippen LogP contribution in [0, 0.1) is 5.41 Å². The van der Waals surface area contributed by atoms with Gasteiger partial charge in [-0.2, -0.15) is 13.2 Å². The zero-order chi connectivity index (χ0) is 17.7. The maximum absolute atomic E-state index is 12.5. The van der Waals surface area contributed by atoms with Gasteiger partial charge in [-0.15, -0.1) is 0 Å². The molecule has 1 rings (SSSR count). The third-order valence-corrected chi connectivity index (χ3v) is 3.18. The van der Waals surface area contributed by atoms with Crippen LogP contribution in [0.4, 0.5) is 13.2 Å². The van der Waals surface area contributed by atoms with E-state index in [4.69, 9.17) is 9.84 Å². The Bertz CT molecular complexity index is 570. The molecule has 0 unspecified atom stereocenters. The van der Waals surface area contributed by atoms with Crippen molar-refractivity contribution in [2.24, 2.45) is 5.41 Å². The van der Waals surface area contributed by atoms with Gasteiger partial charge < -0.3 is 15.2 Å². The first kappa shape index (κ1) is 18.8. The molecule has 5 nitrogen and oxygen atoms in total. The van der Waals surface area contributed by atoms with E-state index < -0.39 is 35.6 Å². The number of amides is 1. The Labute approximate surface area is 131 Å². The number of carboxylic acid groups (broad SMARTS) is 1. The number of carboxylic acids is 1. The molecule has 0 atom stereocenters. The molecular weight excluding hydrogens is 315 g/mol. The van der Waals surface area contributed by atoms with Gasteiger partial charge in [-0.25, -0.2) is 0 Å². The van der Waals surface area contributed by atoms with E-state index in [1.807, 2.05) is 0 Å². The van der Waals surface area contributed by atoms with Crippen LogP contribution in [0.5, 0.6) is 5.75 Å². The first-order chi connectivity index (χ1) is 10.5. The lowest BCUT2D eigenvalue weighted by Crippen LogP contribution is -2.34. The topological polar surface area (TPSA) is 75.6 Å². The summed E-state index contributed by atoms with van der Waals surface area (Å²) in [5.74, 6) is -1.59. The molecule has 1 amide bonds. The van der Waals surface area contributed by atoms with E-state index >= 15 is 0 Å². The van der Waals surface area contributed by atoms with Crippen LogP contribution >= 0.6 is 0 Å². The van der Waals surface area contributed by atoms with Gasteiger partial charge in [0.25, 0.3) is 5.91 Å². The van der Waals surface area contributed by atoms with Gasteiger partial charge in [0.05, 0.1) is 11.0 Å². The van der Waals surface area contributed by atoms with Crippen LogP contribution in [-0.4, -0.2) is 30.1 Å². The highest BCUT2D eigenvalue weighted by Gasteiger charge is 2.30. The van der Waals surface area contributed by atoms with Gasteiger partial charge >= 0.3 is 12.1 Å². The van der Waals surface area contributed by atoms with Crippen LogP contribution < -0.4 is 10.1 Å². The van der Waals surface area contributed by atoms with E-state index in [9.17, 15) is 22.8 Å². The monoisotopic (exact) mass is 333 g/mol. The van der Waals surface area contributed by atoms with Gasteiger partial charge in [0.2, 0.25) is 0 Å². The fourth-order valence-electron chi connectivity index (χ4n) is 1.58. The number of carbonyl (C=O) groups is 2. The predicted octanol–water partition coefficient (Wildman–Crippen LogP) is 2.70. The summed E-state index contributed by atoms with van der Waals surface area (Å²) >= 11 is 0. The fourth-order valence-corrected chi connectivity index (χ4v) is 1.58. The number of alkyl halides is 3. The molecular formula is C15H18F3NO4. The maximum Gasteiger partial charge on any atom is 0.416 e. The molecule has 0 saturated carbocycles. The lowest BCUT2D eigenvalue weighted by atomic mass is 9.90. The van der Waals surface area contributed by atoms with Crippen molar-refractivity contribution >= 4 is 11.9 Å². The van der Waals surface area contributed by atoms with Gasteiger partial charge in [-0.3, -0.25) is 9.59 Å². The minimum atomic E-state index is -4.48. The Morgan fingerprint density at radius 1 is 1.26 bits per heavy atom. The van der Waals surface area contributed by atoms with Crippen LogP contribution in [-0.2, 0) is 15.8 Å². The fraction of sp³-hybridized carbons (Fsp3) is 0.467. The number of nitrogens with one attached hydrogen (secondary N) is 1. The highest BCUT2D eigenvalue weighted by atomic mass is 19.4. The highest BCUT2D eigenvalue weighted by molar-refractivity contribution is 5.77. The SMILES string of the molecule is CC(C)(CCNC(=O)COc1cccc(C(F)(F)F)c1)C(=O)O. The van der Waals surface area contributed by atoms with Crippen molar-refractivity contribution in [3.63, 3.8) is 0 Å². The first-order valence-corrected chi connectivity index (χ1v) is 6.82. The Morgan fingerprint density at radius 3 is 2.48 bits per heavy atom. The smallest absolute Gasteiger partial charge is 0.416 e. The minimum absolute atomic E-state index is 0.0687. The summed E-state index contributed by atoms with van der Waals surface area (Å²) in [7, 11) is 0. The molecule has 8 heteroatoms. The number of benzene rings is 1. The molecule has 0 fully saturated rings. The number of hydrogen-bond acceptors (Lipinski definition) is 3. The third-order valence-electron chi connectivity index (χ3n) is 3.18. The zero-order valence-electron chi connectivity index (χ0n) is 12.7. The lowest BCUT2D eigenvalue weighted by Gasteiger charge is -2.18. The second-order valence-corrected chi connectivity index (χ2v) is 5.60. The van der Waals surface area contributed by atoms with Crippen LogP contribution in [0.2, 0.25) is 0 Å². The normalized spacial score (nSPS) is 11.9. The molecule has 1 aromatic carbocycles. The first-order valence-electron chi connectivity index (χ1n) is 6.82. The van der Waals surface area contributed by atoms with E-state index in [0.717, 1.165) is 12.1 Å². The summed E-state index contributed by atoms with van der Waals surface area (Å²) in [6.45, 7) is 2.74. The Balaban J connectivity index is 2.44. The van der Waals surface area contributed by atoms with E-state index in [0.29, 0.717) is 0 Å². The second kappa shape index (κ2) is 7.34. The minimum Gasteiger partial charge on any atom is -0.484 e. The van der Waals surface area contributed by atoms with Crippen LogP contribution in [0.25, 0.3) is 0 Å². The van der Waals surface area contributed by atoms with Crippen LogP contribution in [0.15, 0.2) is 24.3 Å². The molecule has 0 aliphatic carbocycles. The van der Waals surface area contributed by atoms with Crippen molar-refractivity contribution in [2.45, 2.75) is 26.4 Å². The number of aliphatic carboxylic acids is 1. The van der Waals surface area contributed by atoms with Crippen molar-refractivity contribution in [1.29, 1.82) is 0 Å². The van der Waals surface area contributed by atoms with E-state index in [-0.39, 0.29) is 18.7 Å². The summed E-state index contributed by atoms with van der Waals surface area (Å²) in [6, 6.07) is 4.21. The van der Waals surface area contributed by atoms with E-state index in [2.05, 4.69) is 5.32 Å². The molecule has 0 saturated heterocycles. The summed E-state index contributed by atoms with van der Waals surface area (Å²) in [5, 5.41) is 11.4. The van der Waals surface area contributed by atoms with Crippen molar-refractivity contribution < 1.29 is 32.6 Å². The quantitative estimate of drug-likeness (QED) is 0.804. The molecule has 23 heavy (non-hydrogen) atoms. The molecule has 0 aliphatic rings. The Kier molecular flexibility index (Phi) is 6.00. The van der Waals surface area contributed by atoms with Crippen molar-refractivity contribution in [3.05, 3.63) is 29.8 Å². The number of carbonyl (C=O) groups excluding carboxylic acids is 1. The summed E-state index contributed by atoms with van der Waals surface area (Å²) in [5.41, 5.74) is -1.84. The maximum atomic E-state index is 12.5. The van der Waals surface area contributed by atoms with Crippen molar-refractivity contribution in [3.8, 4) is 5.75 Å². The van der Waals surface area contributed by atoms with Crippen LogP contribution in [0.3, 0.4) is 0 Å². The van der Waals surface area contributed by atoms with Gasteiger partial charge in [0, 0.05) is 6.54 Å². The largest absolute Gasteiger partial charge is 0.484 e. The standard InChI is InChI=1S/C15H18F3NO4/c1-14(2,13(21)22)6-7-19-12(20)9-23-11-5-3-4-10(8-11)15(16,17)18/h3-5,8H,6-7,9H2,1-2H3,(H,19,20)(H,21,22). The van der Waals surface area contributed by atoms with E-state index in [1.165, 1.54) is 26.0 Å². The molecule has 0 spiro atoms. The average molecular weight is 333 g/mol. The summed E-state index contributed by atoms with van der Waals surface area (Å²) in [4.78, 5) is 22.4. The van der Waals surface area contributed by atoms with Crippen molar-refractivity contribution in [2.75, 3.05) is 13.2 Å². The van der Waals surface area contributed by atoms with Gasteiger partial charge in [0.15, 0.2) is 6.61 Å². The Hall–Kier alpha value is -2.25. The number of halogens is 3. The zero-order valence-corrected chi connectivity index (χ0v) is 12.7. The van der Waals surface area contributed by atoms with Gasteiger partial charge in [-0.05, 0) is 38.5 Å². The number of ether oxygens (including phenoxy) is 1. The molecule has 0 aliphatic heterocycles. The molecule has 2 N–H and O–H groups in total. The van der Waals surface area contributed by atoms with Gasteiger partial charge in [0.1, 0.15) is 5.75 Å². The molecule has 0 radical (unpaired) electrons. The predicted molar refractivity (Wildman–Crippen MR) is 76.0 cm³/mol. The number of rotatable bonds is 7. The molecule has 0 bridgehead atoms. The summed E-state index contributed by atoms with van der Waals surface area (Å²) in [6.07, 6.45) is -4.26. The molecule has 1 aromatic rings. The highest BCUT2D eigenvalue weighted by Crippen LogP contribution is 2.31. The molecule has 0 heterocycles. The van der Waals surface area contributed by atoms with Gasteiger partial charge in [-0.1, -0.05) is 6.07 Å². The summed E-state index contributed by atoms with van der Waals surface area (Å²) < 4.78 is 42.6. The third kappa shape index (κ3) is 6.17. The second-order valence-electron chi connectivity index (χ2n) is 5.60. The Morgan fingerprint density at radius 2 is 1.91 bits per heavy atom.